The summed E-state index contributed by atoms with van der Waals surface area (Å²) in [5, 5.41) is 0. The van der Waals surface area contributed by atoms with E-state index in [4.69, 9.17) is 4.74 Å². The molecular formula is C28H24O3. The summed E-state index contributed by atoms with van der Waals surface area (Å²) in [4.78, 5) is 24.7. The zero-order chi connectivity index (χ0) is 21.8. The van der Waals surface area contributed by atoms with Gasteiger partial charge in [-0.05, 0) is 52.3 Å². The molecule has 0 bridgehead atoms. The molecule has 0 unspecified atom stereocenters. The van der Waals surface area contributed by atoms with Crippen LogP contribution in [0.5, 0.6) is 0 Å². The predicted molar refractivity (Wildman–Crippen MR) is 123 cm³/mol. The maximum atomic E-state index is 12.7. The number of esters is 1. The summed E-state index contributed by atoms with van der Waals surface area (Å²) in [6, 6.07) is 24.8. The standard InChI is InChI=1S/C28H24O3/c1-28(2)17-15-23(20-9-5-3-6-10-20)24-14-13-22(19-25(24)28)26(29)16-18-31-27(30)21-11-7-4-8-12-21/h3-16,18-19H,17H2,1-2H3. The van der Waals surface area contributed by atoms with Crippen molar-refractivity contribution < 1.29 is 14.3 Å². The first-order chi connectivity index (χ1) is 15.0. The third kappa shape index (κ3) is 4.41. The third-order valence-corrected chi connectivity index (χ3v) is 5.63. The van der Waals surface area contributed by atoms with Crippen molar-refractivity contribution in [1.29, 1.82) is 0 Å². The van der Waals surface area contributed by atoms with E-state index in [-0.39, 0.29) is 11.2 Å². The second-order valence-corrected chi connectivity index (χ2v) is 8.27. The average molecular weight is 408 g/mol. The average Bonchev–Trinajstić information content (AvgIpc) is 2.80. The lowest BCUT2D eigenvalue weighted by Crippen LogP contribution is -2.22. The summed E-state index contributed by atoms with van der Waals surface area (Å²) < 4.78 is 5.10. The van der Waals surface area contributed by atoms with Gasteiger partial charge in [0, 0.05) is 11.6 Å². The van der Waals surface area contributed by atoms with E-state index in [0.29, 0.717) is 11.1 Å². The molecular weight excluding hydrogens is 384 g/mol. The Bertz CT molecular complexity index is 1170. The Hall–Kier alpha value is -3.72. The fourth-order valence-corrected chi connectivity index (χ4v) is 3.86. The van der Waals surface area contributed by atoms with Crippen LogP contribution in [0.1, 0.15) is 57.7 Å². The molecule has 0 saturated heterocycles. The van der Waals surface area contributed by atoms with Gasteiger partial charge in [0.1, 0.15) is 0 Å². The highest BCUT2D eigenvalue weighted by Gasteiger charge is 2.29. The Morgan fingerprint density at radius 2 is 1.55 bits per heavy atom. The molecule has 0 amide bonds. The number of fused-ring (bicyclic) bond motifs is 1. The molecule has 0 spiro atoms. The van der Waals surface area contributed by atoms with Gasteiger partial charge in [0.2, 0.25) is 0 Å². The third-order valence-electron chi connectivity index (χ3n) is 5.63. The van der Waals surface area contributed by atoms with Crippen LogP contribution in [0.15, 0.2) is 97.3 Å². The van der Waals surface area contributed by atoms with Crippen molar-refractivity contribution in [2.45, 2.75) is 25.7 Å². The topological polar surface area (TPSA) is 43.4 Å². The van der Waals surface area contributed by atoms with Crippen LogP contribution >= 0.6 is 0 Å². The molecule has 3 aromatic rings. The maximum Gasteiger partial charge on any atom is 0.342 e. The van der Waals surface area contributed by atoms with Gasteiger partial charge in [-0.1, -0.05) is 80.6 Å². The highest BCUT2D eigenvalue weighted by atomic mass is 16.5. The van der Waals surface area contributed by atoms with Crippen LogP contribution in [0.3, 0.4) is 0 Å². The minimum Gasteiger partial charge on any atom is -0.431 e. The van der Waals surface area contributed by atoms with Gasteiger partial charge in [0.05, 0.1) is 11.8 Å². The van der Waals surface area contributed by atoms with E-state index in [1.165, 1.54) is 17.2 Å². The molecule has 3 heteroatoms. The highest BCUT2D eigenvalue weighted by molar-refractivity contribution is 6.05. The van der Waals surface area contributed by atoms with E-state index in [2.05, 4.69) is 32.1 Å². The van der Waals surface area contributed by atoms with Crippen molar-refractivity contribution in [3.63, 3.8) is 0 Å². The normalized spacial score (nSPS) is 14.6. The molecule has 3 nitrogen and oxygen atoms in total. The van der Waals surface area contributed by atoms with Crippen molar-refractivity contribution in [1.82, 2.24) is 0 Å². The number of benzene rings is 3. The number of carbonyl (C=O) groups excluding carboxylic acids is 2. The molecule has 154 valence electrons. The summed E-state index contributed by atoms with van der Waals surface area (Å²) in [5.41, 5.74) is 5.61. The summed E-state index contributed by atoms with van der Waals surface area (Å²) >= 11 is 0. The van der Waals surface area contributed by atoms with Crippen LogP contribution in [0.25, 0.3) is 5.57 Å². The number of allylic oxidation sites excluding steroid dienone is 2. The summed E-state index contributed by atoms with van der Waals surface area (Å²) in [5.74, 6) is -0.691. The Kier molecular flexibility index (Phi) is 5.68. The fourth-order valence-electron chi connectivity index (χ4n) is 3.86. The number of ether oxygens (including phenoxy) is 1. The molecule has 0 fully saturated rings. The molecule has 0 aliphatic heterocycles. The number of carbonyl (C=O) groups is 2. The fraction of sp³-hybridized carbons (Fsp3) is 0.143. The predicted octanol–water partition coefficient (Wildman–Crippen LogP) is 6.35. The molecule has 0 saturated carbocycles. The molecule has 0 radical (unpaired) electrons. The van der Waals surface area contributed by atoms with Crippen LogP contribution in [0.4, 0.5) is 0 Å². The molecule has 0 heterocycles. The lowest BCUT2D eigenvalue weighted by molar-refractivity contribution is 0.0662. The lowest BCUT2D eigenvalue weighted by atomic mass is 9.71. The quantitative estimate of drug-likeness (QED) is 0.214. The van der Waals surface area contributed by atoms with Gasteiger partial charge in [-0.25, -0.2) is 4.79 Å². The van der Waals surface area contributed by atoms with Crippen molar-refractivity contribution in [2.24, 2.45) is 0 Å². The van der Waals surface area contributed by atoms with Crippen molar-refractivity contribution in [2.75, 3.05) is 0 Å². The molecule has 0 aromatic heterocycles. The zero-order valence-corrected chi connectivity index (χ0v) is 17.7. The van der Waals surface area contributed by atoms with Crippen LogP contribution < -0.4 is 0 Å². The first-order valence-electron chi connectivity index (χ1n) is 10.3. The number of hydrogen-bond donors (Lipinski definition) is 0. The van der Waals surface area contributed by atoms with E-state index in [1.54, 1.807) is 24.3 Å². The maximum absolute atomic E-state index is 12.7. The van der Waals surface area contributed by atoms with E-state index in [9.17, 15) is 9.59 Å². The number of ketones is 1. The smallest absolute Gasteiger partial charge is 0.342 e. The van der Waals surface area contributed by atoms with Crippen molar-refractivity contribution in [3.05, 3.63) is 125 Å². The first-order valence-corrected chi connectivity index (χ1v) is 10.3. The Morgan fingerprint density at radius 3 is 2.26 bits per heavy atom. The SMILES string of the molecule is CC1(C)CC=C(c2ccccc2)c2ccc(C(=O)C=COC(=O)c3ccccc3)cc21. The van der Waals surface area contributed by atoms with Gasteiger partial charge in [0.15, 0.2) is 5.78 Å². The lowest BCUT2D eigenvalue weighted by Gasteiger charge is -2.32. The van der Waals surface area contributed by atoms with Crippen LogP contribution in [0, 0.1) is 0 Å². The minimum atomic E-state index is -0.492. The van der Waals surface area contributed by atoms with Gasteiger partial charge in [-0.3, -0.25) is 4.79 Å². The Balaban J connectivity index is 1.56. The van der Waals surface area contributed by atoms with Crippen LogP contribution in [-0.4, -0.2) is 11.8 Å². The van der Waals surface area contributed by atoms with E-state index in [1.807, 2.05) is 42.5 Å². The van der Waals surface area contributed by atoms with Crippen molar-refractivity contribution >= 4 is 17.3 Å². The van der Waals surface area contributed by atoms with Crippen LogP contribution in [0.2, 0.25) is 0 Å². The second-order valence-electron chi connectivity index (χ2n) is 8.27. The minimum absolute atomic E-state index is 0.0760. The van der Waals surface area contributed by atoms with Gasteiger partial charge in [0.25, 0.3) is 0 Å². The van der Waals surface area contributed by atoms with Crippen molar-refractivity contribution in [3.8, 4) is 0 Å². The molecule has 0 N–H and O–H groups in total. The summed E-state index contributed by atoms with van der Waals surface area (Å²) in [7, 11) is 0. The van der Waals surface area contributed by atoms with E-state index < -0.39 is 5.97 Å². The van der Waals surface area contributed by atoms with Gasteiger partial charge in [-0.15, -0.1) is 0 Å². The Morgan fingerprint density at radius 1 is 0.871 bits per heavy atom. The number of rotatable bonds is 5. The first kappa shape index (κ1) is 20.5. The van der Waals surface area contributed by atoms with Gasteiger partial charge in [-0.2, -0.15) is 0 Å². The molecule has 4 rings (SSSR count). The highest BCUT2D eigenvalue weighted by Crippen LogP contribution is 2.41. The zero-order valence-electron chi connectivity index (χ0n) is 17.7. The number of hydrogen-bond acceptors (Lipinski definition) is 3. The molecule has 31 heavy (non-hydrogen) atoms. The van der Waals surface area contributed by atoms with Gasteiger partial charge < -0.3 is 4.74 Å². The van der Waals surface area contributed by atoms with E-state index in [0.717, 1.165) is 23.8 Å². The largest absolute Gasteiger partial charge is 0.431 e. The monoisotopic (exact) mass is 408 g/mol. The molecule has 0 atom stereocenters. The van der Waals surface area contributed by atoms with E-state index >= 15 is 0 Å². The van der Waals surface area contributed by atoms with Crippen LogP contribution in [-0.2, 0) is 10.2 Å². The molecule has 1 aliphatic rings. The second kappa shape index (κ2) is 8.57. The molecule has 1 aliphatic carbocycles. The Labute approximate surface area is 182 Å². The van der Waals surface area contributed by atoms with Gasteiger partial charge >= 0.3 is 5.97 Å². The summed E-state index contributed by atoms with van der Waals surface area (Å²) in [6.07, 6.45) is 5.64. The summed E-state index contributed by atoms with van der Waals surface area (Å²) in [6.45, 7) is 4.38. The molecule has 3 aromatic carbocycles.